The van der Waals surface area contributed by atoms with E-state index in [1.165, 1.54) is 12.0 Å². The molecule has 0 aliphatic carbocycles. The van der Waals surface area contributed by atoms with Crippen LogP contribution < -0.4 is 0 Å². The minimum atomic E-state index is -0.796. The van der Waals surface area contributed by atoms with Gasteiger partial charge in [0.15, 0.2) is 0 Å². The van der Waals surface area contributed by atoms with E-state index in [2.05, 4.69) is 17.9 Å². The highest BCUT2D eigenvalue weighted by Gasteiger charge is 2.41. The lowest BCUT2D eigenvalue weighted by Crippen LogP contribution is -2.36. The Bertz CT molecular complexity index is 715. The van der Waals surface area contributed by atoms with E-state index < -0.39 is 6.09 Å². The smallest absolute Gasteiger partial charge is 0.407 e. The number of hydrogen-bond acceptors (Lipinski definition) is 3. The van der Waals surface area contributed by atoms with Crippen LogP contribution in [0.15, 0.2) is 18.2 Å². The largest absolute Gasteiger partial charge is 0.465 e. The van der Waals surface area contributed by atoms with E-state index in [1.54, 1.807) is 4.90 Å². The Morgan fingerprint density at radius 1 is 1.00 bits per heavy atom. The Morgan fingerprint density at radius 2 is 1.67 bits per heavy atom. The molecule has 1 aromatic carbocycles. The Labute approximate surface area is 160 Å². The van der Waals surface area contributed by atoms with Crippen LogP contribution in [0.3, 0.4) is 0 Å². The topological polar surface area (TPSA) is 64.1 Å². The summed E-state index contributed by atoms with van der Waals surface area (Å²) >= 11 is 0. The predicted molar refractivity (Wildman–Crippen MR) is 103 cm³/mol. The van der Waals surface area contributed by atoms with Crippen molar-refractivity contribution >= 4 is 12.0 Å². The quantitative estimate of drug-likeness (QED) is 0.887. The van der Waals surface area contributed by atoms with Crippen LogP contribution in [0.2, 0.25) is 0 Å². The molecule has 3 aliphatic heterocycles. The van der Waals surface area contributed by atoms with E-state index in [0.717, 1.165) is 56.7 Å². The summed E-state index contributed by atoms with van der Waals surface area (Å²) < 4.78 is 0. The molecule has 3 heterocycles. The molecule has 0 bridgehead atoms. The molecule has 2 amide bonds. The lowest BCUT2D eigenvalue weighted by atomic mass is 10.00. The van der Waals surface area contributed by atoms with Crippen LogP contribution in [-0.4, -0.2) is 71.1 Å². The van der Waals surface area contributed by atoms with Gasteiger partial charge in [-0.3, -0.25) is 9.69 Å². The van der Waals surface area contributed by atoms with E-state index >= 15 is 0 Å². The fourth-order valence-electron chi connectivity index (χ4n) is 4.97. The van der Waals surface area contributed by atoms with Gasteiger partial charge in [-0.15, -0.1) is 0 Å². The van der Waals surface area contributed by atoms with Crippen molar-refractivity contribution in [1.82, 2.24) is 14.7 Å². The highest BCUT2D eigenvalue weighted by Crippen LogP contribution is 2.32. The summed E-state index contributed by atoms with van der Waals surface area (Å²) in [5, 5.41) is 9.17. The number of amides is 2. The van der Waals surface area contributed by atoms with Crippen LogP contribution >= 0.6 is 0 Å². The number of benzene rings is 1. The average molecular weight is 371 g/mol. The van der Waals surface area contributed by atoms with E-state index in [0.29, 0.717) is 24.9 Å². The third-order valence-corrected chi connectivity index (χ3v) is 6.55. The summed E-state index contributed by atoms with van der Waals surface area (Å²) in [6.07, 6.45) is 2.64. The molecule has 0 saturated carbocycles. The number of piperidine rings is 1. The monoisotopic (exact) mass is 371 g/mol. The third kappa shape index (κ3) is 3.68. The summed E-state index contributed by atoms with van der Waals surface area (Å²) in [4.78, 5) is 30.0. The lowest BCUT2D eigenvalue weighted by molar-refractivity contribution is 0.0723. The molecule has 6 nitrogen and oxygen atoms in total. The van der Waals surface area contributed by atoms with Crippen LogP contribution in [0.25, 0.3) is 0 Å². The Hall–Kier alpha value is -2.08. The van der Waals surface area contributed by atoms with Crippen molar-refractivity contribution in [1.29, 1.82) is 0 Å². The molecule has 3 aliphatic rings. The first-order valence-corrected chi connectivity index (χ1v) is 10.1. The molecule has 3 saturated heterocycles. The fraction of sp³-hybridized carbons (Fsp3) is 0.619. The molecule has 6 heteroatoms. The van der Waals surface area contributed by atoms with Crippen molar-refractivity contribution < 1.29 is 14.7 Å². The standard InChI is InChI=1S/C21H29N3O3/c1-15-16(6-5-7-19(15)20(25)23-8-3-2-4-9-23)10-22-11-17-13-24(21(26)27)14-18(17)12-22/h5-7,17-18H,2-4,8-14H2,1H3,(H,26,27). The Morgan fingerprint density at radius 3 is 2.30 bits per heavy atom. The molecule has 1 N–H and O–H groups in total. The second-order valence-electron chi connectivity index (χ2n) is 8.34. The Kier molecular flexibility index (Phi) is 5.08. The summed E-state index contributed by atoms with van der Waals surface area (Å²) in [7, 11) is 0. The molecule has 0 aromatic heterocycles. The number of likely N-dealkylation sites (tertiary alicyclic amines) is 3. The van der Waals surface area contributed by atoms with E-state index in [9.17, 15) is 14.7 Å². The summed E-state index contributed by atoms with van der Waals surface area (Å²) in [5.41, 5.74) is 3.15. The number of hydrogen-bond donors (Lipinski definition) is 1. The van der Waals surface area contributed by atoms with Gasteiger partial charge in [-0.25, -0.2) is 4.79 Å². The molecule has 3 fully saturated rings. The third-order valence-electron chi connectivity index (χ3n) is 6.55. The van der Waals surface area contributed by atoms with Gasteiger partial charge in [0.25, 0.3) is 5.91 Å². The van der Waals surface area contributed by atoms with Crippen LogP contribution in [0.5, 0.6) is 0 Å². The molecular formula is C21H29N3O3. The number of carbonyl (C=O) groups is 2. The second kappa shape index (κ2) is 7.50. The average Bonchev–Trinajstić information content (AvgIpc) is 3.22. The van der Waals surface area contributed by atoms with Crippen molar-refractivity contribution in [2.45, 2.75) is 32.7 Å². The van der Waals surface area contributed by atoms with Gasteiger partial charge in [-0.1, -0.05) is 12.1 Å². The minimum Gasteiger partial charge on any atom is -0.465 e. The molecule has 0 spiro atoms. The maximum Gasteiger partial charge on any atom is 0.407 e. The molecular weight excluding hydrogens is 342 g/mol. The van der Waals surface area contributed by atoms with Crippen molar-refractivity contribution in [3.8, 4) is 0 Å². The number of fused-ring (bicyclic) bond motifs is 1. The maximum absolute atomic E-state index is 12.9. The van der Waals surface area contributed by atoms with Gasteiger partial charge in [-0.2, -0.15) is 0 Å². The minimum absolute atomic E-state index is 0.171. The highest BCUT2D eigenvalue weighted by molar-refractivity contribution is 5.96. The van der Waals surface area contributed by atoms with Crippen molar-refractivity contribution in [3.63, 3.8) is 0 Å². The molecule has 2 unspecified atom stereocenters. The molecule has 1 aromatic rings. The molecule has 2 atom stereocenters. The Balaban J connectivity index is 1.42. The molecule has 146 valence electrons. The van der Waals surface area contributed by atoms with Crippen LogP contribution in [0, 0.1) is 18.8 Å². The predicted octanol–water partition coefficient (Wildman–Crippen LogP) is 2.66. The lowest BCUT2D eigenvalue weighted by Gasteiger charge is -2.28. The van der Waals surface area contributed by atoms with Gasteiger partial charge in [0.1, 0.15) is 0 Å². The number of rotatable bonds is 3. The second-order valence-corrected chi connectivity index (χ2v) is 8.34. The zero-order chi connectivity index (χ0) is 19.0. The van der Waals surface area contributed by atoms with Gasteiger partial charge in [0.05, 0.1) is 0 Å². The number of carbonyl (C=O) groups excluding carboxylic acids is 1. The van der Waals surface area contributed by atoms with Crippen LogP contribution in [-0.2, 0) is 6.54 Å². The molecule has 27 heavy (non-hydrogen) atoms. The van der Waals surface area contributed by atoms with Gasteiger partial charge in [-0.05, 0) is 55.2 Å². The summed E-state index contributed by atoms with van der Waals surface area (Å²) in [5.74, 6) is 1.06. The van der Waals surface area contributed by atoms with E-state index in [4.69, 9.17) is 0 Å². The van der Waals surface area contributed by atoms with Crippen molar-refractivity contribution in [2.75, 3.05) is 39.3 Å². The maximum atomic E-state index is 12.9. The van der Waals surface area contributed by atoms with Crippen LogP contribution in [0.4, 0.5) is 4.79 Å². The first-order chi connectivity index (χ1) is 13.0. The number of nitrogens with zero attached hydrogens (tertiary/aromatic N) is 3. The zero-order valence-electron chi connectivity index (χ0n) is 16.1. The SMILES string of the molecule is Cc1c(CN2CC3CN(C(=O)O)CC3C2)cccc1C(=O)N1CCCCC1. The van der Waals surface area contributed by atoms with Gasteiger partial charge in [0, 0.05) is 51.4 Å². The van der Waals surface area contributed by atoms with Crippen molar-refractivity contribution in [3.05, 3.63) is 34.9 Å². The van der Waals surface area contributed by atoms with Gasteiger partial charge in [0.2, 0.25) is 0 Å². The number of carboxylic acid groups (broad SMARTS) is 1. The van der Waals surface area contributed by atoms with Crippen LogP contribution in [0.1, 0.15) is 40.7 Å². The van der Waals surface area contributed by atoms with Crippen molar-refractivity contribution in [2.24, 2.45) is 11.8 Å². The van der Waals surface area contributed by atoms with E-state index in [1.807, 2.05) is 17.0 Å². The first kappa shape index (κ1) is 18.3. The fourth-order valence-corrected chi connectivity index (χ4v) is 4.97. The molecule has 0 radical (unpaired) electrons. The highest BCUT2D eigenvalue weighted by atomic mass is 16.4. The normalized spacial score (nSPS) is 25.7. The van der Waals surface area contributed by atoms with E-state index in [-0.39, 0.29) is 5.91 Å². The first-order valence-electron chi connectivity index (χ1n) is 10.1. The summed E-state index contributed by atoms with van der Waals surface area (Å²) in [6.45, 7) is 7.85. The van der Waals surface area contributed by atoms with Gasteiger partial charge >= 0.3 is 6.09 Å². The molecule has 4 rings (SSSR count). The van der Waals surface area contributed by atoms with Gasteiger partial charge < -0.3 is 14.9 Å². The summed E-state index contributed by atoms with van der Waals surface area (Å²) in [6, 6.07) is 6.09. The zero-order valence-corrected chi connectivity index (χ0v) is 16.1.